The summed E-state index contributed by atoms with van der Waals surface area (Å²) in [5, 5.41) is 6.54. The molecular weight excluding hydrogens is 340 g/mol. The molecule has 0 radical (unpaired) electrons. The molecule has 0 aliphatic rings. The van der Waals surface area contributed by atoms with Gasteiger partial charge in [0.05, 0.1) is 0 Å². The van der Waals surface area contributed by atoms with Crippen molar-refractivity contribution in [1.82, 2.24) is 5.32 Å². The van der Waals surface area contributed by atoms with E-state index in [9.17, 15) is 4.79 Å². The van der Waals surface area contributed by atoms with Crippen LogP contribution in [0.15, 0.2) is 42.5 Å². The molecule has 0 unspecified atom stereocenters. The van der Waals surface area contributed by atoms with Gasteiger partial charge in [-0.1, -0.05) is 50.6 Å². The van der Waals surface area contributed by atoms with E-state index in [1.54, 1.807) is 12.1 Å². The van der Waals surface area contributed by atoms with Crippen LogP contribution in [0.1, 0.15) is 42.3 Å². The van der Waals surface area contributed by atoms with Crippen molar-refractivity contribution < 1.29 is 4.79 Å². The summed E-state index contributed by atoms with van der Waals surface area (Å²) in [5.41, 5.74) is 3.56. The summed E-state index contributed by atoms with van der Waals surface area (Å²) in [7, 11) is 0. The van der Waals surface area contributed by atoms with Crippen molar-refractivity contribution in [3.05, 3.63) is 64.2 Å². The van der Waals surface area contributed by atoms with E-state index < -0.39 is 0 Å². The maximum absolute atomic E-state index is 12.3. The van der Waals surface area contributed by atoms with Crippen molar-refractivity contribution in [2.24, 2.45) is 0 Å². The topological polar surface area (TPSA) is 41.1 Å². The van der Waals surface area contributed by atoms with Crippen LogP contribution < -0.4 is 10.6 Å². The first kappa shape index (κ1) is 18.4. The van der Waals surface area contributed by atoms with Crippen LogP contribution in [0.4, 0.5) is 5.69 Å². The van der Waals surface area contributed by atoms with Crippen LogP contribution in [0.5, 0.6) is 0 Å². The summed E-state index contributed by atoms with van der Waals surface area (Å²) in [6.07, 6.45) is 0. The van der Waals surface area contributed by atoms with Gasteiger partial charge in [-0.2, -0.15) is 0 Å². The number of carbonyl (C=O) groups is 1. The fraction of sp³-hybridized carbons (Fsp3) is 0.263. The van der Waals surface area contributed by atoms with Crippen LogP contribution in [0, 0.1) is 6.92 Å². The predicted molar refractivity (Wildman–Crippen MR) is 105 cm³/mol. The fourth-order valence-corrected chi connectivity index (χ4v) is 2.55. The second-order valence-electron chi connectivity index (χ2n) is 6.69. The minimum Gasteiger partial charge on any atom is -0.332 e. The third-order valence-corrected chi connectivity index (χ3v) is 4.13. The summed E-state index contributed by atoms with van der Waals surface area (Å²) in [6.45, 7) is 8.34. The van der Waals surface area contributed by atoms with Crippen molar-refractivity contribution in [1.29, 1.82) is 0 Å². The second kappa shape index (κ2) is 7.32. The number of amides is 1. The van der Waals surface area contributed by atoms with E-state index in [1.807, 2.05) is 37.3 Å². The SMILES string of the molecule is Cc1ccc(Cl)cc1NC(=S)NC(=O)c1ccc(C(C)(C)C)cc1. The molecule has 2 N–H and O–H groups in total. The van der Waals surface area contributed by atoms with E-state index in [0.717, 1.165) is 11.3 Å². The molecular formula is C19H21ClN2OS. The van der Waals surface area contributed by atoms with Crippen molar-refractivity contribution in [3.63, 3.8) is 0 Å². The summed E-state index contributed by atoms with van der Waals surface area (Å²) in [6, 6.07) is 13.0. The minimum absolute atomic E-state index is 0.0516. The fourth-order valence-electron chi connectivity index (χ4n) is 2.18. The number of aryl methyl sites for hydroxylation is 1. The molecule has 2 rings (SSSR count). The van der Waals surface area contributed by atoms with Gasteiger partial charge in [-0.15, -0.1) is 0 Å². The van der Waals surface area contributed by atoms with Gasteiger partial charge in [0.15, 0.2) is 5.11 Å². The quantitative estimate of drug-likeness (QED) is 0.734. The molecule has 0 saturated heterocycles. The molecule has 24 heavy (non-hydrogen) atoms. The Morgan fingerprint density at radius 1 is 1.08 bits per heavy atom. The number of rotatable bonds is 2. The normalized spacial score (nSPS) is 11.0. The molecule has 0 saturated carbocycles. The first-order chi connectivity index (χ1) is 11.2. The van der Waals surface area contributed by atoms with Gasteiger partial charge in [0, 0.05) is 16.3 Å². The van der Waals surface area contributed by atoms with Crippen LogP contribution >= 0.6 is 23.8 Å². The van der Waals surface area contributed by atoms with Crippen molar-refractivity contribution in [3.8, 4) is 0 Å². The minimum atomic E-state index is -0.243. The van der Waals surface area contributed by atoms with E-state index in [0.29, 0.717) is 10.6 Å². The zero-order valence-corrected chi connectivity index (χ0v) is 15.8. The monoisotopic (exact) mass is 360 g/mol. The Kier molecular flexibility index (Phi) is 5.62. The Bertz CT molecular complexity index is 764. The van der Waals surface area contributed by atoms with E-state index >= 15 is 0 Å². The largest absolute Gasteiger partial charge is 0.332 e. The van der Waals surface area contributed by atoms with Gasteiger partial charge in [-0.3, -0.25) is 10.1 Å². The average molecular weight is 361 g/mol. The smallest absolute Gasteiger partial charge is 0.257 e. The van der Waals surface area contributed by atoms with Crippen LogP contribution in [0.2, 0.25) is 5.02 Å². The van der Waals surface area contributed by atoms with E-state index in [1.165, 1.54) is 5.56 Å². The molecule has 0 aliphatic carbocycles. The van der Waals surface area contributed by atoms with Gasteiger partial charge in [0.1, 0.15) is 0 Å². The third kappa shape index (κ3) is 4.79. The van der Waals surface area contributed by atoms with E-state index in [-0.39, 0.29) is 16.4 Å². The highest BCUT2D eigenvalue weighted by Gasteiger charge is 2.15. The standard InChI is InChI=1S/C19H21ClN2OS/c1-12-5-10-15(20)11-16(12)21-18(24)22-17(23)13-6-8-14(9-7-13)19(2,3)4/h5-11H,1-4H3,(H2,21,22,23,24). The van der Waals surface area contributed by atoms with Gasteiger partial charge < -0.3 is 5.32 Å². The number of hydrogen-bond donors (Lipinski definition) is 2. The summed E-state index contributed by atoms with van der Waals surface area (Å²) in [5.74, 6) is -0.243. The third-order valence-electron chi connectivity index (χ3n) is 3.69. The van der Waals surface area contributed by atoms with E-state index in [2.05, 4.69) is 31.4 Å². The van der Waals surface area contributed by atoms with Gasteiger partial charge >= 0.3 is 0 Å². The maximum Gasteiger partial charge on any atom is 0.257 e. The van der Waals surface area contributed by atoms with Gasteiger partial charge in [0.25, 0.3) is 5.91 Å². The number of anilines is 1. The molecule has 0 fully saturated rings. The molecule has 0 aliphatic heterocycles. The van der Waals surface area contributed by atoms with Gasteiger partial charge in [0.2, 0.25) is 0 Å². The molecule has 3 nitrogen and oxygen atoms in total. The Morgan fingerprint density at radius 3 is 2.29 bits per heavy atom. The highest BCUT2D eigenvalue weighted by atomic mass is 35.5. The molecule has 0 spiro atoms. The zero-order valence-electron chi connectivity index (χ0n) is 14.2. The number of halogens is 1. The molecule has 2 aromatic rings. The van der Waals surface area contributed by atoms with Crippen molar-refractivity contribution >= 4 is 40.5 Å². The highest BCUT2D eigenvalue weighted by Crippen LogP contribution is 2.22. The molecule has 0 aromatic heterocycles. The van der Waals surface area contributed by atoms with Crippen LogP contribution in [0.3, 0.4) is 0 Å². The number of carbonyl (C=O) groups excluding carboxylic acids is 1. The van der Waals surface area contributed by atoms with Gasteiger partial charge in [-0.05, 0) is 59.9 Å². The Labute approximate surface area is 153 Å². The Balaban J connectivity index is 2.04. The van der Waals surface area contributed by atoms with Gasteiger partial charge in [-0.25, -0.2) is 0 Å². The first-order valence-corrected chi connectivity index (χ1v) is 8.44. The maximum atomic E-state index is 12.3. The molecule has 0 heterocycles. The Hall–Kier alpha value is -1.91. The molecule has 0 bridgehead atoms. The lowest BCUT2D eigenvalue weighted by atomic mass is 9.87. The highest BCUT2D eigenvalue weighted by molar-refractivity contribution is 7.80. The molecule has 126 valence electrons. The summed E-state index contributed by atoms with van der Waals surface area (Å²) < 4.78 is 0. The lowest BCUT2D eigenvalue weighted by molar-refractivity contribution is 0.0977. The summed E-state index contributed by atoms with van der Waals surface area (Å²) in [4.78, 5) is 12.3. The number of hydrogen-bond acceptors (Lipinski definition) is 2. The molecule has 1 amide bonds. The van der Waals surface area contributed by atoms with Crippen LogP contribution in [0.25, 0.3) is 0 Å². The Morgan fingerprint density at radius 2 is 1.71 bits per heavy atom. The lowest BCUT2D eigenvalue weighted by Crippen LogP contribution is -2.34. The molecule has 0 atom stereocenters. The summed E-state index contributed by atoms with van der Waals surface area (Å²) >= 11 is 11.2. The second-order valence-corrected chi connectivity index (χ2v) is 7.54. The van der Waals surface area contributed by atoms with Crippen LogP contribution in [-0.2, 0) is 5.41 Å². The molecule has 5 heteroatoms. The number of benzene rings is 2. The number of nitrogens with one attached hydrogen (secondary N) is 2. The lowest BCUT2D eigenvalue weighted by Gasteiger charge is -2.19. The van der Waals surface area contributed by atoms with Crippen molar-refractivity contribution in [2.45, 2.75) is 33.1 Å². The van der Waals surface area contributed by atoms with Crippen LogP contribution in [-0.4, -0.2) is 11.0 Å². The molecule has 2 aromatic carbocycles. The van der Waals surface area contributed by atoms with E-state index in [4.69, 9.17) is 23.8 Å². The first-order valence-electron chi connectivity index (χ1n) is 7.66. The zero-order chi connectivity index (χ0) is 17.9. The number of thiocarbonyl (C=S) groups is 1. The predicted octanol–water partition coefficient (Wildman–Crippen LogP) is 5.07. The van der Waals surface area contributed by atoms with Crippen molar-refractivity contribution in [2.75, 3.05) is 5.32 Å². The average Bonchev–Trinajstić information content (AvgIpc) is 2.50.